The number of aryl methyl sites for hydroxylation is 2. The molecule has 0 aliphatic heterocycles. The average molecular weight is 413 g/mol. The molecule has 0 aliphatic carbocycles. The summed E-state index contributed by atoms with van der Waals surface area (Å²) in [6, 6.07) is 1.64. The van der Waals surface area contributed by atoms with Crippen molar-refractivity contribution in [2.75, 3.05) is 6.61 Å². The van der Waals surface area contributed by atoms with E-state index in [-0.39, 0.29) is 28.9 Å². The number of carbonyl (C=O) groups is 2. The molecule has 27 heavy (non-hydrogen) atoms. The lowest BCUT2D eigenvalue weighted by molar-refractivity contribution is -0.150. The molecule has 0 N–H and O–H groups in total. The maximum absolute atomic E-state index is 13.1. The summed E-state index contributed by atoms with van der Waals surface area (Å²) in [5.74, 6) is -0.672. The Bertz CT molecular complexity index is 877. The van der Waals surface area contributed by atoms with Gasteiger partial charge in [-0.3, -0.25) is 4.79 Å². The highest BCUT2D eigenvalue weighted by atomic mass is 35.5. The molecule has 8 heteroatoms. The number of hydrogen-bond acceptors (Lipinski definition) is 5. The third-order valence-corrected chi connectivity index (χ3v) is 5.16. The number of halogens is 2. The molecule has 0 saturated carbocycles. The SMILES string of the molecule is CCOC(=O)C(C)Oc1c(C(=O)c2cc(C)c(Cl)c(C)c2Cl)cnn1CC. The van der Waals surface area contributed by atoms with Gasteiger partial charge in [0.15, 0.2) is 6.10 Å². The third kappa shape index (κ3) is 4.28. The Kier molecular flexibility index (Phi) is 6.89. The first kappa shape index (κ1) is 21.3. The summed E-state index contributed by atoms with van der Waals surface area (Å²) in [4.78, 5) is 25.0. The van der Waals surface area contributed by atoms with Gasteiger partial charge in [0.05, 0.1) is 17.8 Å². The zero-order chi connectivity index (χ0) is 20.3. The first-order valence-electron chi connectivity index (χ1n) is 8.61. The summed E-state index contributed by atoms with van der Waals surface area (Å²) in [5.41, 5.74) is 1.90. The highest BCUT2D eigenvalue weighted by Gasteiger charge is 2.27. The van der Waals surface area contributed by atoms with Crippen molar-refractivity contribution >= 4 is 35.0 Å². The first-order valence-corrected chi connectivity index (χ1v) is 9.37. The third-order valence-electron chi connectivity index (χ3n) is 4.09. The second-order valence-electron chi connectivity index (χ2n) is 6.01. The van der Waals surface area contributed by atoms with Crippen molar-refractivity contribution in [3.05, 3.63) is 44.6 Å². The number of benzene rings is 1. The summed E-state index contributed by atoms with van der Waals surface area (Å²) in [6.45, 7) is 9.38. The van der Waals surface area contributed by atoms with Crippen LogP contribution in [0.2, 0.25) is 10.0 Å². The Labute approximate surface area is 168 Å². The number of ketones is 1. The van der Waals surface area contributed by atoms with E-state index >= 15 is 0 Å². The predicted octanol–water partition coefficient (Wildman–Crippen LogP) is 4.39. The van der Waals surface area contributed by atoms with Crippen LogP contribution in [-0.2, 0) is 16.1 Å². The Morgan fingerprint density at radius 3 is 2.44 bits per heavy atom. The second kappa shape index (κ2) is 8.76. The van der Waals surface area contributed by atoms with Crippen LogP contribution < -0.4 is 4.74 Å². The van der Waals surface area contributed by atoms with Gasteiger partial charge < -0.3 is 9.47 Å². The van der Waals surface area contributed by atoms with Gasteiger partial charge in [0, 0.05) is 17.1 Å². The van der Waals surface area contributed by atoms with Crippen molar-refractivity contribution in [1.29, 1.82) is 0 Å². The maximum Gasteiger partial charge on any atom is 0.347 e. The number of aromatic nitrogens is 2. The van der Waals surface area contributed by atoms with E-state index in [2.05, 4.69) is 5.10 Å². The lowest BCUT2D eigenvalue weighted by atomic mass is 10.0. The van der Waals surface area contributed by atoms with Crippen LogP contribution in [0.3, 0.4) is 0 Å². The fraction of sp³-hybridized carbons (Fsp3) is 0.421. The van der Waals surface area contributed by atoms with Crippen LogP contribution in [-0.4, -0.2) is 34.2 Å². The van der Waals surface area contributed by atoms with Gasteiger partial charge >= 0.3 is 5.97 Å². The molecule has 0 saturated heterocycles. The van der Waals surface area contributed by atoms with E-state index in [0.717, 1.165) is 5.56 Å². The number of carbonyl (C=O) groups excluding carboxylic acids is 2. The molecule has 1 aromatic heterocycles. The maximum atomic E-state index is 13.1. The quantitative estimate of drug-likeness (QED) is 0.498. The monoisotopic (exact) mass is 412 g/mol. The Morgan fingerprint density at radius 2 is 1.85 bits per heavy atom. The Balaban J connectivity index is 2.47. The molecular weight excluding hydrogens is 391 g/mol. The molecule has 2 rings (SSSR count). The molecular formula is C19H22Cl2N2O4. The standard InChI is InChI=1S/C19H22Cl2N2O4/c1-6-23-18(27-12(5)19(25)26-7-2)14(9-22-23)17(24)13-8-10(3)15(20)11(4)16(13)21/h8-9,12H,6-7H2,1-5H3. The van der Waals surface area contributed by atoms with Crippen LogP contribution in [0.1, 0.15) is 47.8 Å². The lowest BCUT2D eigenvalue weighted by Gasteiger charge is -2.16. The normalized spacial score (nSPS) is 12.0. The molecule has 0 radical (unpaired) electrons. The average Bonchev–Trinajstić information content (AvgIpc) is 3.05. The van der Waals surface area contributed by atoms with Gasteiger partial charge in [-0.1, -0.05) is 23.2 Å². The Morgan fingerprint density at radius 1 is 1.19 bits per heavy atom. The van der Waals surface area contributed by atoms with Gasteiger partial charge in [-0.15, -0.1) is 0 Å². The van der Waals surface area contributed by atoms with Crippen molar-refractivity contribution in [3.8, 4) is 5.88 Å². The van der Waals surface area contributed by atoms with Crippen molar-refractivity contribution in [3.63, 3.8) is 0 Å². The zero-order valence-electron chi connectivity index (χ0n) is 15.9. The van der Waals surface area contributed by atoms with Gasteiger partial charge in [0.25, 0.3) is 0 Å². The number of rotatable bonds is 7. The Hall–Kier alpha value is -2.05. The second-order valence-corrected chi connectivity index (χ2v) is 6.77. The van der Waals surface area contributed by atoms with Crippen LogP contribution >= 0.6 is 23.2 Å². The van der Waals surface area contributed by atoms with Gasteiger partial charge in [-0.25, -0.2) is 9.48 Å². The van der Waals surface area contributed by atoms with Gasteiger partial charge in [-0.05, 0) is 51.8 Å². The number of hydrogen-bond donors (Lipinski definition) is 0. The first-order chi connectivity index (χ1) is 12.7. The molecule has 0 aliphatic rings. The fourth-order valence-corrected chi connectivity index (χ4v) is 3.03. The molecule has 6 nitrogen and oxygen atoms in total. The molecule has 0 bridgehead atoms. The van der Waals surface area contributed by atoms with Crippen LogP contribution in [0, 0.1) is 13.8 Å². The van der Waals surface area contributed by atoms with Crippen LogP contribution in [0.15, 0.2) is 12.3 Å². The summed E-state index contributed by atoms with van der Waals surface area (Å²) in [5, 5.41) is 4.98. The molecule has 1 unspecified atom stereocenters. The van der Waals surface area contributed by atoms with Gasteiger partial charge in [0.1, 0.15) is 5.56 Å². The van der Waals surface area contributed by atoms with E-state index in [4.69, 9.17) is 32.7 Å². The highest BCUT2D eigenvalue weighted by molar-refractivity contribution is 6.39. The fourth-order valence-electron chi connectivity index (χ4n) is 2.60. The van der Waals surface area contributed by atoms with Gasteiger partial charge in [-0.2, -0.15) is 5.10 Å². The van der Waals surface area contributed by atoms with E-state index in [9.17, 15) is 9.59 Å². The number of esters is 1. The van der Waals surface area contributed by atoms with E-state index < -0.39 is 12.1 Å². The number of ether oxygens (including phenoxy) is 2. The topological polar surface area (TPSA) is 70.4 Å². The minimum atomic E-state index is -0.886. The lowest BCUT2D eigenvalue weighted by Crippen LogP contribution is -2.27. The van der Waals surface area contributed by atoms with E-state index in [1.807, 2.05) is 6.92 Å². The van der Waals surface area contributed by atoms with Gasteiger partial charge in [0.2, 0.25) is 11.7 Å². The van der Waals surface area contributed by atoms with Crippen molar-refractivity contribution in [2.24, 2.45) is 0 Å². The summed E-state index contributed by atoms with van der Waals surface area (Å²) in [7, 11) is 0. The molecule has 1 atom stereocenters. The van der Waals surface area contributed by atoms with Crippen molar-refractivity contribution in [2.45, 2.75) is 47.3 Å². The predicted molar refractivity (Wildman–Crippen MR) is 104 cm³/mol. The largest absolute Gasteiger partial charge is 0.463 e. The molecule has 0 fully saturated rings. The minimum Gasteiger partial charge on any atom is -0.463 e. The molecule has 1 heterocycles. The number of nitrogens with zero attached hydrogens (tertiary/aromatic N) is 2. The van der Waals surface area contributed by atoms with Crippen LogP contribution in [0.5, 0.6) is 5.88 Å². The summed E-state index contributed by atoms with van der Waals surface area (Å²) in [6.07, 6.45) is 0.525. The summed E-state index contributed by atoms with van der Waals surface area (Å²) >= 11 is 12.6. The molecule has 0 spiro atoms. The zero-order valence-corrected chi connectivity index (χ0v) is 17.4. The molecule has 1 aromatic carbocycles. The van der Waals surface area contributed by atoms with E-state index in [0.29, 0.717) is 22.7 Å². The summed E-state index contributed by atoms with van der Waals surface area (Å²) < 4.78 is 12.2. The smallest absolute Gasteiger partial charge is 0.347 e. The van der Waals surface area contributed by atoms with Crippen LogP contribution in [0.25, 0.3) is 0 Å². The van der Waals surface area contributed by atoms with Crippen LogP contribution in [0.4, 0.5) is 0 Å². The minimum absolute atomic E-state index is 0.198. The molecule has 0 amide bonds. The van der Waals surface area contributed by atoms with Crippen molar-refractivity contribution in [1.82, 2.24) is 9.78 Å². The van der Waals surface area contributed by atoms with E-state index in [1.165, 1.54) is 10.9 Å². The van der Waals surface area contributed by atoms with E-state index in [1.54, 1.807) is 33.8 Å². The van der Waals surface area contributed by atoms with Crippen molar-refractivity contribution < 1.29 is 19.1 Å². The molecule has 2 aromatic rings. The highest BCUT2D eigenvalue weighted by Crippen LogP contribution is 2.33. The molecule has 146 valence electrons.